The summed E-state index contributed by atoms with van der Waals surface area (Å²) in [6, 6.07) is 12.8. The van der Waals surface area contributed by atoms with Gasteiger partial charge in [0.05, 0.1) is 28.5 Å². The summed E-state index contributed by atoms with van der Waals surface area (Å²) in [4.78, 5) is 138. The lowest BCUT2D eigenvalue weighted by molar-refractivity contribution is -0.270. The highest BCUT2D eigenvalue weighted by molar-refractivity contribution is 6.32. The summed E-state index contributed by atoms with van der Waals surface area (Å²) in [5.41, 5.74) is 5.58. The van der Waals surface area contributed by atoms with Crippen molar-refractivity contribution in [3.8, 4) is 57.1 Å². The third kappa shape index (κ3) is 17.7. The Hall–Kier alpha value is -9.79. The first-order valence-corrected chi connectivity index (χ1v) is 39.1. The third-order valence-corrected chi connectivity index (χ3v) is 23.9. The molecule has 6 aromatic rings. The van der Waals surface area contributed by atoms with Gasteiger partial charge in [-0.1, -0.05) is 74.3 Å². The molecule has 1 unspecified atom stereocenters. The smallest absolute Gasteiger partial charge is 0.325 e. The predicted molar refractivity (Wildman–Crippen MR) is 411 cm³/mol. The number of methoxy groups -OCH3 is 1. The Balaban J connectivity index is 0.991. The van der Waals surface area contributed by atoms with Crippen molar-refractivity contribution in [2.45, 2.75) is 171 Å². The summed E-state index contributed by atoms with van der Waals surface area (Å²) in [7, 11) is 1.54. The normalized spacial score (nSPS) is 28.2. The number of fused-ring (bicyclic) bond motifs is 15. The number of anilines is 1. The number of aliphatic hydroxyl groups is 5. The number of imide groups is 1. The molecule has 15 bridgehead atoms. The van der Waals surface area contributed by atoms with Gasteiger partial charge in [0.2, 0.25) is 41.6 Å². The van der Waals surface area contributed by atoms with E-state index in [0.29, 0.717) is 31.3 Å². The third-order valence-electron chi connectivity index (χ3n) is 23.3. The molecule has 6 heterocycles. The molecule has 10 aliphatic rings. The minimum absolute atomic E-state index is 0.0329. The van der Waals surface area contributed by atoms with Gasteiger partial charge in [0.15, 0.2) is 28.8 Å². The molecule has 4 aliphatic carbocycles. The van der Waals surface area contributed by atoms with Crippen molar-refractivity contribution in [3.63, 3.8) is 0 Å². The van der Waals surface area contributed by atoms with Crippen LogP contribution >= 0.6 is 23.2 Å². The van der Waals surface area contributed by atoms with Crippen LogP contribution in [0.15, 0.2) is 103 Å². The van der Waals surface area contributed by atoms with Crippen LogP contribution in [0.1, 0.15) is 155 Å². The summed E-state index contributed by atoms with van der Waals surface area (Å²) in [6.45, 7) is 5.48. The van der Waals surface area contributed by atoms with Gasteiger partial charge < -0.3 is 96.9 Å². The Morgan fingerprint density at radius 1 is 0.658 bits per heavy atom. The molecule has 16 rings (SSSR count). The van der Waals surface area contributed by atoms with Crippen molar-refractivity contribution in [2.75, 3.05) is 25.6 Å². The molecule has 0 radical (unpaired) electrons. The molecule has 5 fully saturated rings. The Morgan fingerprint density at radius 3 is 1.91 bits per heavy atom. The number of nitrogens with two attached hydrogens (primary N) is 1. The predicted octanol–water partition coefficient (Wildman–Crippen LogP) is 8.25. The fourth-order valence-corrected chi connectivity index (χ4v) is 18.0. The van der Waals surface area contributed by atoms with E-state index in [1.807, 2.05) is 13.8 Å². The van der Waals surface area contributed by atoms with Crippen LogP contribution in [0.25, 0.3) is 11.1 Å². The molecule has 29 nitrogen and oxygen atoms in total. The van der Waals surface area contributed by atoms with Crippen molar-refractivity contribution in [1.82, 2.24) is 26.6 Å². The molecule has 7 amide bonds. The number of halogens is 2. The van der Waals surface area contributed by atoms with Gasteiger partial charge in [-0.2, -0.15) is 0 Å². The van der Waals surface area contributed by atoms with E-state index in [4.69, 9.17) is 52.6 Å². The van der Waals surface area contributed by atoms with Gasteiger partial charge in [0, 0.05) is 68.1 Å². The lowest BCUT2D eigenvalue weighted by atomic mass is 9.51. The number of benzene rings is 6. The number of hydrogen-bond donors (Lipinski definition) is 15. The molecule has 114 heavy (non-hydrogen) atoms. The van der Waals surface area contributed by atoms with Crippen LogP contribution in [-0.2, 0) is 54.3 Å². The molecular formula is C83H93Cl2N7O22. The number of urea groups is 1. The zero-order chi connectivity index (χ0) is 81.4. The number of hydrogen-bond acceptors (Lipinski definition) is 23. The maximum Gasteiger partial charge on any atom is 0.325 e. The second-order valence-corrected chi connectivity index (χ2v) is 32.3. The van der Waals surface area contributed by atoms with E-state index < -0.39 is 198 Å². The van der Waals surface area contributed by atoms with E-state index in [0.717, 1.165) is 68.0 Å². The summed E-state index contributed by atoms with van der Waals surface area (Å²) in [6.07, 6.45) is -10.6. The van der Waals surface area contributed by atoms with Gasteiger partial charge in [-0.15, -0.1) is 0 Å². The first-order chi connectivity index (χ1) is 54.4. The highest BCUT2D eigenvalue weighted by Gasteiger charge is 2.51. The fourth-order valence-electron chi connectivity index (χ4n) is 17.6. The standard InChI is InChI=1S/C83H93Cl2N7O22/c1-5-40(18-36(2)3)78(105)91-70-58(96)27-47(30-66(99)88-83(109)87-48-11-6-37(7-12-48)16-17-110-4)79(106)89-68-46-28-63(111-61-14-9-42(72(70)100)25-54(61)84)77(114-82-76(104)75(103)74(102)65(35-86)113-82)64(29-46)112-62-15-10-43(26-55(62)85)73(101)71-81(108)90-69(60(98)33-50-44-20-38-19-39(22-44)23-45(50)21-38)53-31-49(93)32-57(95)67(53)52-24-41(8-13-56(52)94)51(34-59(68)97)80(107)92-71/h6-15,24-26,28-29,31-32,36,38-40,44-45,47,50-51,65,68-76,82,93-95,100-104H,5,16-23,27,30,33-35,86H2,1-4H3,(H,89,106)(H,90,108)(H,91,105)(H,92,107)(H2,87,88,99,109)/t38?,39?,40-,44?,45?,47+,50?,51-,65-,68?,69+,70+,71+,72-,73-,74-,75+,76-,82+/m1/s1. The lowest BCUT2D eigenvalue weighted by Crippen LogP contribution is -2.60. The average molecular weight is 1610 g/mol. The van der Waals surface area contributed by atoms with E-state index >= 15 is 28.8 Å². The van der Waals surface area contributed by atoms with Crippen LogP contribution in [-0.4, -0.2) is 157 Å². The number of carbonyl (C=O) groups excluding carboxylic acids is 9. The SMILES string of the molecule is CC[C@H](CC(C)C)C(=O)N[C@H]1C(=O)C[C@@H](CC(=O)NC(=O)Nc2ccc(CCOC)cc2)C(=O)NC2C(=O)C[C@H]3C(=O)N[C@H](C(=O)N[C@H](C(=O)CC4C5CC6CC(C5)CC4C6)c4cc(O)cc(O)c4-c4cc3ccc4O)[C@H](O)c3ccc(c(Cl)c3)Oc3cc2cc(c3O[C@@H]2O[C@H](CN)[C@@H](O)[C@H](O)[C@H]2O)Oc2ccc(cc2Cl)[C@H]1O. The van der Waals surface area contributed by atoms with Gasteiger partial charge in [-0.3, -0.25) is 43.7 Å². The second kappa shape index (κ2) is 34.7. The van der Waals surface area contributed by atoms with Crippen molar-refractivity contribution < 1.29 is 108 Å². The average Bonchev–Trinajstić information content (AvgIpc) is 0.759. The number of Topliss-reactive ketones (excluding diaryl/α,β-unsaturated/α-hetero) is 3. The molecule has 6 aliphatic heterocycles. The highest BCUT2D eigenvalue weighted by Crippen LogP contribution is 2.58. The van der Waals surface area contributed by atoms with Crippen LogP contribution in [0, 0.1) is 47.3 Å². The van der Waals surface area contributed by atoms with Crippen molar-refractivity contribution in [2.24, 2.45) is 53.1 Å². The Labute approximate surface area is 665 Å². The second-order valence-electron chi connectivity index (χ2n) is 31.5. The number of ether oxygens (including phenoxy) is 5. The number of nitrogens with one attached hydrogen (secondary N) is 6. The number of phenolic OH excluding ortho intramolecular Hbond substituents is 3. The zero-order valence-corrected chi connectivity index (χ0v) is 64.4. The molecule has 0 aromatic heterocycles. The number of aromatic hydroxyl groups is 3. The van der Waals surface area contributed by atoms with Crippen LogP contribution in [0.3, 0.4) is 0 Å². The minimum Gasteiger partial charge on any atom is -0.508 e. The molecule has 0 spiro atoms. The first kappa shape index (κ1) is 82.2. The first-order valence-electron chi connectivity index (χ1n) is 38.4. The Bertz CT molecular complexity index is 4690. The van der Waals surface area contributed by atoms with Crippen LogP contribution in [0.5, 0.6) is 46.0 Å². The molecule has 606 valence electrons. The molecule has 4 saturated carbocycles. The van der Waals surface area contributed by atoms with E-state index in [2.05, 4.69) is 31.9 Å². The number of rotatable bonds is 17. The number of phenols is 3. The number of carbonyl (C=O) groups is 9. The lowest BCUT2D eigenvalue weighted by Gasteiger charge is -2.54. The van der Waals surface area contributed by atoms with E-state index in [9.17, 15) is 55.2 Å². The summed E-state index contributed by atoms with van der Waals surface area (Å²) < 4.78 is 31.0. The number of amides is 7. The quantitative estimate of drug-likeness (QED) is 0.0408. The largest absolute Gasteiger partial charge is 0.508 e. The highest BCUT2D eigenvalue weighted by atomic mass is 35.5. The Morgan fingerprint density at radius 2 is 1.30 bits per heavy atom. The van der Waals surface area contributed by atoms with Crippen molar-refractivity contribution >= 4 is 81.8 Å². The number of ketones is 3. The summed E-state index contributed by atoms with van der Waals surface area (Å²) in [5, 5.41) is 110. The van der Waals surface area contributed by atoms with Crippen molar-refractivity contribution in [1.29, 1.82) is 0 Å². The van der Waals surface area contributed by atoms with Crippen molar-refractivity contribution in [3.05, 3.63) is 147 Å². The topological polar surface area (TPSA) is 460 Å². The molecule has 16 N–H and O–H groups in total. The van der Waals surface area contributed by atoms with E-state index in [1.165, 1.54) is 48.5 Å². The van der Waals surface area contributed by atoms with Crippen LogP contribution in [0.4, 0.5) is 10.5 Å². The zero-order valence-electron chi connectivity index (χ0n) is 62.9. The van der Waals surface area contributed by atoms with E-state index in [-0.39, 0.29) is 103 Å². The van der Waals surface area contributed by atoms with Crippen LogP contribution in [0.2, 0.25) is 10.0 Å². The minimum atomic E-state index is -2.20. The maximum absolute atomic E-state index is 16.5. The molecule has 14 atom stereocenters. The fraction of sp³-hybridized carbons (Fsp3) is 0.458. The Kier molecular flexibility index (Phi) is 25.0. The molecule has 31 heteroatoms. The summed E-state index contributed by atoms with van der Waals surface area (Å²) in [5.74, 6) is -15.7. The molecular weight excluding hydrogens is 1520 g/mol. The van der Waals surface area contributed by atoms with Gasteiger partial charge in [-0.25, -0.2) is 4.79 Å². The molecule has 6 aromatic carbocycles. The monoisotopic (exact) mass is 1610 g/mol. The maximum atomic E-state index is 16.5. The van der Waals surface area contributed by atoms with Gasteiger partial charge in [0.25, 0.3) is 0 Å². The van der Waals surface area contributed by atoms with E-state index in [1.54, 1.807) is 38.3 Å². The van der Waals surface area contributed by atoms with Crippen LogP contribution < -0.4 is 51.8 Å². The van der Waals surface area contributed by atoms with Gasteiger partial charge >= 0.3 is 6.03 Å². The number of aliphatic hydroxyl groups excluding tert-OH is 5. The molecule has 1 saturated heterocycles. The summed E-state index contributed by atoms with van der Waals surface area (Å²) >= 11 is 14.3. The van der Waals surface area contributed by atoms with Gasteiger partial charge in [-0.05, 0) is 187 Å². The van der Waals surface area contributed by atoms with Gasteiger partial charge in [0.1, 0.15) is 89.5 Å².